The van der Waals surface area contributed by atoms with Crippen LogP contribution in [0.5, 0.6) is 0 Å². The van der Waals surface area contributed by atoms with Gasteiger partial charge < -0.3 is 4.74 Å². The molecule has 72 valence electrons. The van der Waals surface area contributed by atoms with Crippen LogP contribution in [-0.2, 0) is 14.6 Å². The van der Waals surface area contributed by atoms with Gasteiger partial charge in [0.1, 0.15) is 5.60 Å². The molecule has 5 heteroatoms. The Bertz CT molecular complexity index is 402. The van der Waals surface area contributed by atoms with Crippen molar-refractivity contribution in [2.24, 2.45) is 0 Å². The molecule has 3 aliphatic rings. The molecular formula is C8H9ClO3S. The van der Waals surface area contributed by atoms with Crippen LogP contribution in [0.25, 0.3) is 0 Å². The average Bonchev–Trinajstić information content (AvgIpc) is 2.42. The Morgan fingerprint density at radius 1 is 1.46 bits per heavy atom. The summed E-state index contributed by atoms with van der Waals surface area (Å²) in [6, 6.07) is 0. The Balaban J connectivity index is 2.18. The molecule has 3 aliphatic heterocycles. The van der Waals surface area contributed by atoms with Crippen LogP contribution in [0, 0.1) is 0 Å². The topological polar surface area (TPSA) is 43.4 Å². The molecule has 1 spiro atoms. The predicted octanol–water partition coefficient (Wildman–Crippen LogP) is 0.490. The second-order valence-electron chi connectivity index (χ2n) is 4.11. The number of hydrogen-bond acceptors (Lipinski definition) is 3. The van der Waals surface area contributed by atoms with Gasteiger partial charge in [-0.15, -0.1) is 11.6 Å². The molecule has 0 amide bonds. The van der Waals surface area contributed by atoms with Gasteiger partial charge in [-0.3, -0.25) is 0 Å². The SMILES string of the molecule is O=S1(=O)C[C@]2(Cl)C[C@H]3C=C[C@]2(C1)O3. The normalized spacial score (nSPS) is 55.6. The summed E-state index contributed by atoms with van der Waals surface area (Å²) in [7, 11) is -3.02. The molecule has 0 N–H and O–H groups in total. The zero-order valence-corrected chi connectivity index (χ0v) is 8.44. The standard InChI is InChI=1S/C8H9ClO3S/c9-7-3-6-1-2-8(7,12-6)5-13(10,11)4-7/h1-2,6H,3-5H2/t6-,7-,8-/m1/s1. The van der Waals surface area contributed by atoms with Gasteiger partial charge in [-0.2, -0.15) is 0 Å². The Morgan fingerprint density at radius 2 is 2.23 bits per heavy atom. The van der Waals surface area contributed by atoms with Gasteiger partial charge in [0.25, 0.3) is 0 Å². The molecule has 0 aromatic carbocycles. The Labute approximate surface area is 81.6 Å². The molecule has 0 aromatic heterocycles. The number of ether oxygens (including phenoxy) is 1. The zero-order chi connectivity index (χ0) is 9.32. The fourth-order valence-corrected chi connectivity index (χ4v) is 5.75. The van der Waals surface area contributed by atoms with Crippen molar-refractivity contribution in [2.75, 3.05) is 11.5 Å². The maximum atomic E-state index is 11.4. The molecule has 3 rings (SSSR count). The molecule has 2 fully saturated rings. The minimum atomic E-state index is -3.02. The number of rotatable bonds is 0. The first kappa shape index (κ1) is 8.26. The summed E-state index contributed by atoms with van der Waals surface area (Å²) >= 11 is 6.28. The summed E-state index contributed by atoms with van der Waals surface area (Å²) in [6.07, 6.45) is 4.41. The number of hydrogen-bond donors (Lipinski definition) is 0. The van der Waals surface area contributed by atoms with Gasteiger partial charge in [0, 0.05) is 6.42 Å². The smallest absolute Gasteiger partial charge is 0.155 e. The van der Waals surface area contributed by atoms with Crippen LogP contribution in [0.4, 0.5) is 0 Å². The lowest BCUT2D eigenvalue weighted by molar-refractivity contribution is 0.0435. The van der Waals surface area contributed by atoms with Crippen molar-refractivity contribution in [3.63, 3.8) is 0 Å². The lowest BCUT2D eigenvalue weighted by Crippen LogP contribution is -2.43. The third kappa shape index (κ3) is 0.865. The van der Waals surface area contributed by atoms with E-state index in [1.807, 2.05) is 12.2 Å². The quantitative estimate of drug-likeness (QED) is 0.441. The molecule has 0 unspecified atom stereocenters. The Kier molecular flexibility index (Phi) is 1.25. The average molecular weight is 221 g/mol. The monoisotopic (exact) mass is 220 g/mol. The lowest BCUT2D eigenvalue weighted by atomic mass is 9.85. The molecule has 13 heavy (non-hydrogen) atoms. The molecule has 2 bridgehead atoms. The fourth-order valence-electron chi connectivity index (χ4n) is 2.59. The van der Waals surface area contributed by atoms with E-state index in [2.05, 4.69) is 0 Å². The van der Waals surface area contributed by atoms with Gasteiger partial charge in [-0.05, 0) is 0 Å². The van der Waals surface area contributed by atoms with Crippen LogP contribution in [0.1, 0.15) is 6.42 Å². The maximum absolute atomic E-state index is 11.4. The summed E-state index contributed by atoms with van der Waals surface area (Å²) in [5, 5.41) is 0. The molecule has 3 heterocycles. The molecule has 0 aliphatic carbocycles. The number of alkyl halides is 1. The van der Waals surface area contributed by atoms with Gasteiger partial charge >= 0.3 is 0 Å². The first-order valence-electron chi connectivity index (χ1n) is 4.21. The van der Waals surface area contributed by atoms with Gasteiger partial charge in [0.15, 0.2) is 9.84 Å². The van der Waals surface area contributed by atoms with E-state index in [4.69, 9.17) is 16.3 Å². The third-order valence-electron chi connectivity index (χ3n) is 3.11. The fraction of sp³-hybridized carbons (Fsp3) is 0.750. The zero-order valence-electron chi connectivity index (χ0n) is 6.86. The summed E-state index contributed by atoms with van der Waals surface area (Å²) in [4.78, 5) is -0.689. The van der Waals surface area contributed by atoms with Gasteiger partial charge in [0.2, 0.25) is 0 Å². The predicted molar refractivity (Wildman–Crippen MR) is 48.6 cm³/mol. The van der Waals surface area contributed by atoms with Crippen LogP contribution in [-0.4, -0.2) is 36.5 Å². The molecule has 3 atom stereocenters. The van der Waals surface area contributed by atoms with Crippen LogP contribution < -0.4 is 0 Å². The van der Waals surface area contributed by atoms with E-state index < -0.39 is 20.3 Å². The van der Waals surface area contributed by atoms with Gasteiger partial charge in [-0.1, -0.05) is 12.2 Å². The minimum Gasteiger partial charge on any atom is -0.361 e. The Hall–Kier alpha value is -0.0600. The first-order chi connectivity index (χ1) is 5.95. The van der Waals surface area contributed by atoms with Crippen LogP contribution in [0.15, 0.2) is 12.2 Å². The van der Waals surface area contributed by atoms with E-state index in [0.29, 0.717) is 6.42 Å². The summed E-state index contributed by atoms with van der Waals surface area (Å²) in [5.74, 6) is 0.110. The van der Waals surface area contributed by atoms with E-state index in [1.165, 1.54) is 0 Å². The highest BCUT2D eigenvalue weighted by Crippen LogP contribution is 2.55. The second kappa shape index (κ2) is 1.97. The van der Waals surface area contributed by atoms with E-state index in [9.17, 15) is 8.42 Å². The van der Waals surface area contributed by atoms with E-state index >= 15 is 0 Å². The van der Waals surface area contributed by atoms with E-state index in [-0.39, 0.29) is 17.6 Å². The number of halogens is 1. The summed E-state index contributed by atoms with van der Waals surface area (Å²) < 4.78 is 28.5. The van der Waals surface area contributed by atoms with Crippen molar-refractivity contribution in [3.8, 4) is 0 Å². The van der Waals surface area contributed by atoms with Crippen LogP contribution in [0.2, 0.25) is 0 Å². The van der Waals surface area contributed by atoms with Gasteiger partial charge in [0.05, 0.1) is 22.5 Å². The van der Waals surface area contributed by atoms with Crippen molar-refractivity contribution in [1.82, 2.24) is 0 Å². The lowest BCUT2D eigenvalue weighted by Gasteiger charge is -2.28. The van der Waals surface area contributed by atoms with Crippen molar-refractivity contribution >= 4 is 21.4 Å². The molecule has 0 radical (unpaired) electrons. The highest BCUT2D eigenvalue weighted by Gasteiger charge is 2.67. The highest BCUT2D eigenvalue weighted by atomic mass is 35.5. The third-order valence-corrected chi connectivity index (χ3v) is 5.68. The minimum absolute atomic E-state index is 0.0352. The molecule has 3 nitrogen and oxygen atoms in total. The van der Waals surface area contributed by atoms with E-state index in [1.54, 1.807) is 0 Å². The van der Waals surface area contributed by atoms with Crippen molar-refractivity contribution in [2.45, 2.75) is 23.0 Å². The highest BCUT2D eigenvalue weighted by molar-refractivity contribution is 7.92. The van der Waals surface area contributed by atoms with Crippen LogP contribution in [0.3, 0.4) is 0 Å². The maximum Gasteiger partial charge on any atom is 0.155 e. The molecule has 0 saturated carbocycles. The summed E-state index contributed by atoms with van der Waals surface area (Å²) in [5.41, 5.74) is -0.710. The molecule has 2 saturated heterocycles. The first-order valence-corrected chi connectivity index (χ1v) is 6.41. The van der Waals surface area contributed by atoms with Gasteiger partial charge in [-0.25, -0.2) is 8.42 Å². The second-order valence-corrected chi connectivity index (χ2v) is 6.89. The van der Waals surface area contributed by atoms with E-state index in [0.717, 1.165) is 0 Å². The molecule has 0 aromatic rings. The van der Waals surface area contributed by atoms with Crippen molar-refractivity contribution in [3.05, 3.63) is 12.2 Å². The largest absolute Gasteiger partial charge is 0.361 e. The van der Waals surface area contributed by atoms with Crippen molar-refractivity contribution in [1.29, 1.82) is 0 Å². The number of sulfone groups is 1. The van der Waals surface area contributed by atoms with Crippen LogP contribution >= 0.6 is 11.6 Å². The Morgan fingerprint density at radius 3 is 2.85 bits per heavy atom. The summed E-state index contributed by atoms with van der Waals surface area (Å²) in [6.45, 7) is 0. The van der Waals surface area contributed by atoms with Crippen molar-refractivity contribution < 1.29 is 13.2 Å². The molecular weight excluding hydrogens is 212 g/mol. The number of fused-ring (bicyclic) bond motifs is 1.